The van der Waals surface area contributed by atoms with Gasteiger partial charge in [-0.3, -0.25) is 4.79 Å². The molecule has 0 atom stereocenters. The number of hydrogen-bond acceptors (Lipinski definition) is 2. The average molecular weight is 412 g/mol. The van der Waals surface area contributed by atoms with Crippen LogP contribution in [0.5, 0.6) is 0 Å². The van der Waals surface area contributed by atoms with E-state index in [1.54, 1.807) is 0 Å². The van der Waals surface area contributed by atoms with Crippen molar-refractivity contribution in [2.75, 3.05) is 0 Å². The lowest BCUT2D eigenvalue weighted by Crippen LogP contribution is -2.25. The summed E-state index contributed by atoms with van der Waals surface area (Å²) >= 11 is 0. The number of benzene rings is 3. The first-order valence-corrected chi connectivity index (χ1v) is 10.7. The summed E-state index contributed by atoms with van der Waals surface area (Å²) in [5.41, 5.74) is 6.33. The van der Waals surface area contributed by atoms with E-state index in [4.69, 9.17) is 4.98 Å². The zero-order chi connectivity index (χ0) is 22.0. The molecule has 0 aliphatic heterocycles. The van der Waals surface area contributed by atoms with Crippen LogP contribution in [-0.2, 0) is 18.5 Å². The van der Waals surface area contributed by atoms with Gasteiger partial charge in [0.25, 0.3) is 5.91 Å². The minimum atomic E-state index is -0.0776. The van der Waals surface area contributed by atoms with Crippen LogP contribution in [0, 0.1) is 6.92 Å². The van der Waals surface area contributed by atoms with Gasteiger partial charge in [-0.1, -0.05) is 75.4 Å². The molecular formula is C27H29N3O. The van der Waals surface area contributed by atoms with Gasteiger partial charge in [-0.15, -0.1) is 0 Å². The van der Waals surface area contributed by atoms with Crippen molar-refractivity contribution in [2.45, 2.75) is 46.2 Å². The molecule has 0 bridgehead atoms. The first-order chi connectivity index (χ1) is 14.8. The summed E-state index contributed by atoms with van der Waals surface area (Å²) in [4.78, 5) is 17.5. The number of nitrogens with zero attached hydrogens (tertiary/aromatic N) is 2. The molecule has 4 nitrogen and oxygen atoms in total. The third kappa shape index (κ3) is 4.53. The van der Waals surface area contributed by atoms with Crippen molar-refractivity contribution in [3.05, 3.63) is 101 Å². The maximum Gasteiger partial charge on any atom is 0.251 e. The molecule has 0 radical (unpaired) electrons. The van der Waals surface area contributed by atoms with E-state index >= 15 is 0 Å². The number of para-hydroxylation sites is 2. The molecular weight excluding hydrogens is 382 g/mol. The van der Waals surface area contributed by atoms with Crippen molar-refractivity contribution in [2.24, 2.45) is 0 Å². The smallest absolute Gasteiger partial charge is 0.251 e. The van der Waals surface area contributed by atoms with Crippen LogP contribution in [0.4, 0.5) is 0 Å². The monoisotopic (exact) mass is 411 g/mol. The van der Waals surface area contributed by atoms with Gasteiger partial charge in [-0.25, -0.2) is 4.98 Å². The topological polar surface area (TPSA) is 46.9 Å². The third-order valence-electron chi connectivity index (χ3n) is 5.69. The molecule has 1 heterocycles. The molecule has 0 spiro atoms. The molecule has 4 rings (SSSR count). The summed E-state index contributed by atoms with van der Waals surface area (Å²) in [6.07, 6.45) is 0. The van der Waals surface area contributed by atoms with Crippen LogP contribution in [0.3, 0.4) is 0 Å². The van der Waals surface area contributed by atoms with Gasteiger partial charge in [0, 0.05) is 12.1 Å². The Morgan fingerprint density at radius 3 is 2.32 bits per heavy atom. The summed E-state index contributed by atoms with van der Waals surface area (Å²) < 4.78 is 2.19. The van der Waals surface area contributed by atoms with Crippen molar-refractivity contribution in [1.29, 1.82) is 0 Å². The number of rotatable bonds is 5. The lowest BCUT2D eigenvalue weighted by Gasteiger charge is -2.19. The minimum absolute atomic E-state index is 0.0776. The molecule has 1 aromatic heterocycles. The number of carbonyl (C=O) groups excluding carboxylic acids is 1. The Kier molecular flexibility index (Phi) is 5.64. The summed E-state index contributed by atoms with van der Waals surface area (Å²) in [6.45, 7) is 9.70. The Morgan fingerprint density at radius 1 is 0.935 bits per heavy atom. The van der Waals surface area contributed by atoms with Crippen molar-refractivity contribution < 1.29 is 4.79 Å². The summed E-state index contributed by atoms with van der Waals surface area (Å²) in [6, 6.07) is 24.5. The molecule has 0 unspecified atom stereocenters. The number of fused-ring (bicyclic) bond motifs is 1. The highest BCUT2D eigenvalue weighted by Crippen LogP contribution is 2.23. The highest BCUT2D eigenvalue weighted by molar-refractivity contribution is 5.95. The molecule has 31 heavy (non-hydrogen) atoms. The number of nitrogens with one attached hydrogen (secondary N) is 1. The molecule has 3 aromatic carbocycles. The van der Waals surface area contributed by atoms with E-state index in [2.05, 4.69) is 61.0 Å². The van der Waals surface area contributed by atoms with Crippen LogP contribution >= 0.6 is 0 Å². The number of imidazole rings is 1. The molecule has 0 saturated carbocycles. The Bertz CT molecular complexity index is 1210. The lowest BCUT2D eigenvalue weighted by atomic mass is 9.87. The summed E-state index contributed by atoms with van der Waals surface area (Å²) in [5, 5.41) is 3.05. The molecule has 1 amide bonds. The van der Waals surface area contributed by atoms with Crippen LogP contribution < -0.4 is 5.32 Å². The van der Waals surface area contributed by atoms with Crippen LogP contribution in [0.25, 0.3) is 11.0 Å². The van der Waals surface area contributed by atoms with Gasteiger partial charge in [-0.2, -0.15) is 0 Å². The van der Waals surface area contributed by atoms with E-state index in [1.165, 1.54) is 11.1 Å². The Balaban J connectivity index is 1.60. The summed E-state index contributed by atoms with van der Waals surface area (Å²) in [5.74, 6) is 0.772. The standard InChI is InChI=1S/C27H29N3O/c1-19-9-5-6-10-22(19)26(31)28-17-25-29-23-11-7-8-12-24(23)30(25)18-20-13-15-21(16-14-20)27(2,3)4/h5-16H,17-18H2,1-4H3,(H,28,31). The zero-order valence-corrected chi connectivity index (χ0v) is 18.6. The second kappa shape index (κ2) is 8.38. The molecule has 4 aromatic rings. The number of aryl methyl sites for hydroxylation is 1. The van der Waals surface area contributed by atoms with Crippen molar-refractivity contribution in [1.82, 2.24) is 14.9 Å². The number of aromatic nitrogens is 2. The fourth-order valence-corrected chi connectivity index (χ4v) is 3.81. The highest BCUT2D eigenvalue weighted by Gasteiger charge is 2.15. The van der Waals surface area contributed by atoms with Gasteiger partial charge in [0.1, 0.15) is 5.82 Å². The second-order valence-electron chi connectivity index (χ2n) is 9.05. The third-order valence-corrected chi connectivity index (χ3v) is 5.69. The Hall–Kier alpha value is -3.40. The first-order valence-electron chi connectivity index (χ1n) is 10.7. The Morgan fingerprint density at radius 2 is 1.61 bits per heavy atom. The first kappa shape index (κ1) is 20.9. The second-order valence-corrected chi connectivity index (χ2v) is 9.05. The normalized spacial score (nSPS) is 11.6. The number of hydrogen-bond donors (Lipinski definition) is 1. The predicted molar refractivity (Wildman–Crippen MR) is 126 cm³/mol. The fraction of sp³-hybridized carbons (Fsp3) is 0.259. The fourth-order valence-electron chi connectivity index (χ4n) is 3.81. The maximum atomic E-state index is 12.7. The quantitative estimate of drug-likeness (QED) is 0.463. The van der Waals surface area contributed by atoms with Crippen LogP contribution in [0.2, 0.25) is 0 Å². The Labute approximate surface area is 183 Å². The van der Waals surface area contributed by atoms with E-state index in [0.29, 0.717) is 18.7 Å². The van der Waals surface area contributed by atoms with E-state index in [0.717, 1.165) is 22.4 Å². The molecule has 1 N–H and O–H groups in total. The van der Waals surface area contributed by atoms with Crippen molar-refractivity contribution in [3.8, 4) is 0 Å². The van der Waals surface area contributed by atoms with Crippen LogP contribution in [-0.4, -0.2) is 15.5 Å². The van der Waals surface area contributed by atoms with Gasteiger partial charge in [0.05, 0.1) is 17.6 Å². The highest BCUT2D eigenvalue weighted by atomic mass is 16.1. The van der Waals surface area contributed by atoms with Crippen molar-refractivity contribution in [3.63, 3.8) is 0 Å². The van der Waals surface area contributed by atoms with Gasteiger partial charge < -0.3 is 9.88 Å². The maximum absolute atomic E-state index is 12.7. The van der Waals surface area contributed by atoms with E-state index < -0.39 is 0 Å². The molecule has 0 aliphatic rings. The van der Waals surface area contributed by atoms with Crippen LogP contribution in [0.1, 0.15) is 53.6 Å². The van der Waals surface area contributed by atoms with E-state index in [1.807, 2.05) is 49.4 Å². The average Bonchev–Trinajstić information content (AvgIpc) is 3.09. The minimum Gasteiger partial charge on any atom is -0.345 e. The van der Waals surface area contributed by atoms with Gasteiger partial charge in [0.2, 0.25) is 0 Å². The molecule has 0 aliphatic carbocycles. The molecule has 0 saturated heterocycles. The van der Waals surface area contributed by atoms with E-state index in [9.17, 15) is 4.79 Å². The molecule has 0 fully saturated rings. The number of carbonyl (C=O) groups is 1. The molecule has 158 valence electrons. The summed E-state index contributed by atoms with van der Waals surface area (Å²) in [7, 11) is 0. The SMILES string of the molecule is Cc1ccccc1C(=O)NCc1nc2ccccc2n1Cc1ccc(C(C)(C)C)cc1. The molecule has 4 heteroatoms. The van der Waals surface area contributed by atoms with Gasteiger partial charge >= 0.3 is 0 Å². The van der Waals surface area contributed by atoms with Crippen LogP contribution in [0.15, 0.2) is 72.8 Å². The van der Waals surface area contributed by atoms with Gasteiger partial charge in [-0.05, 0) is 47.2 Å². The van der Waals surface area contributed by atoms with Crippen molar-refractivity contribution >= 4 is 16.9 Å². The van der Waals surface area contributed by atoms with E-state index in [-0.39, 0.29) is 11.3 Å². The predicted octanol–water partition coefficient (Wildman–Crippen LogP) is 5.62. The largest absolute Gasteiger partial charge is 0.345 e. The van der Waals surface area contributed by atoms with Gasteiger partial charge in [0.15, 0.2) is 0 Å². The lowest BCUT2D eigenvalue weighted by molar-refractivity contribution is 0.0949. The zero-order valence-electron chi connectivity index (χ0n) is 18.6. The number of amides is 1.